The first-order chi connectivity index (χ1) is 7.22. The monoisotopic (exact) mass is 204 g/mol. The summed E-state index contributed by atoms with van der Waals surface area (Å²) in [4.78, 5) is 0. The first-order valence-corrected chi connectivity index (χ1v) is 5.77. The molecular weight excluding hydrogens is 180 g/mol. The lowest BCUT2D eigenvalue weighted by Crippen LogP contribution is -1.81. The van der Waals surface area contributed by atoms with Crippen LogP contribution in [0.3, 0.4) is 0 Å². The van der Waals surface area contributed by atoms with Crippen LogP contribution in [0.1, 0.15) is 46.5 Å². The summed E-state index contributed by atoms with van der Waals surface area (Å²) in [5.41, 5.74) is 2.76. The first kappa shape index (κ1) is 14.0. The van der Waals surface area contributed by atoms with Crippen LogP contribution in [0.5, 0.6) is 0 Å². The Balaban J connectivity index is 3.69. The first-order valence-electron chi connectivity index (χ1n) is 5.77. The molecule has 0 atom stereocenters. The lowest BCUT2D eigenvalue weighted by molar-refractivity contribution is 0.966. The second-order valence-electron chi connectivity index (χ2n) is 3.89. The summed E-state index contributed by atoms with van der Waals surface area (Å²) in [6, 6.07) is 0. The standard InChI is InChI=1S/C15H24/c1-5-7-8-9-10-11-12-13-15(6-2)14(3)4/h5-7,10-11H,2,8-9,12-13H2,1,3-4H3. The van der Waals surface area contributed by atoms with E-state index >= 15 is 0 Å². The molecule has 0 aromatic rings. The number of rotatable bonds is 7. The predicted molar refractivity (Wildman–Crippen MR) is 71.0 cm³/mol. The summed E-state index contributed by atoms with van der Waals surface area (Å²) in [7, 11) is 0. The molecule has 0 amide bonds. The van der Waals surface area contributed by atoms with Crippen LogP contribution in [-0.4, -0.2) is 0 Å². The molecule has 0 aromatic carbocycles. The average Bonchev–Trinajstić information content (AvgIpc) is 2.21. The van der Waals surface area contributed by atoms with Crippen LogP contribution in [0, 0.1) is 0 Å². The Bertz CT molecular complexity index is 247. The molecule has 0 bridgehead atoms. The molecule has 0 N–H and O–H groups in total. The van der Waals surface area contributed by atoms with Gasteiger partial charge in [0.05, 0.1) is 0 Å². The van der Waals surface area contributed by atoms with Gasteiger partial charge in [-0.2, -0.15) is 0 Å². The van der Waals surface area contributed by atoms with E-state index in [1.165, 1.54) is 11.1 Å². The van der Waals surface area contributed by atoms with E-state index in [9.17, 15) is 0 Å². The molecule has 0 saturated carbocycles. The summed E-state index contributed by atoms with van der Waals surface area (Å²) in [5, 5.41) is 0. The highest BCUT2D eigenvalue weighted by atomic mass is 14.0. The van der Waals surface area contributed by atoms with Gasteiger partial charge in [0.2, 0.25) is 0 Å². The highest BCUT2D eigenvalue weighted by Gasteiger charge is 1.92. The fourth-order valence-electron chi connectivity index (χ4n) is 1.39. The summed E-state index contributed by atoms with van der Waals surface area (Å²) in [5.74, 6) is 0. The Morgan fingerprint density at radius 2 is 1.60 bits per heavy atom. The minimum absolute atomic E-state index is 1.12. The van der Waals surface area contributed by atoms with Gasteiger partial charge < -0.3 is 0 Å². The van der Waals surface area contributed by atoms with Crippen LogP contribution >= 0.6 is 0 Å². The Labute approximate surface area is 95.1 Å². The molecule has 0 aliphatic rings. The van der Waals surface area contributed by atoms with E-state index in [1.807, 2.05) is 6.08 Å². The quantitative estimate of drug-likeness (QED) is 0.304. The molecular formula is C15H24. The van der Waals surface area contributed by atoms with Gasteiger partial charge in [-0.25, -0.2) is 0 Å². The number of unbranched alkanes of at least 4 members (excludes halogenated alkanes) is 1. The van der Waals surface area contributed by atoms with Gasteiger partial charge >= 0.3 is 0 Å². The number of hydrogen-bond acceptors (Lipinski definition) is 0. The Hall–Kier alpha value is -1.04. The molecule has 0 radical (unpaired) electrons. The van der Waals surface area contributed by atoms with Crippen LogP contribution in [0.25, 0.3) is 0 Å². The Kier molecular flexibility index (Phi) is 8.85. The second kappa shape index (κ2) is 9.51. The van der Waals surface area contributed by atoms with Crippen molar-refractivity contribution in [2.75, 3.05) is 0 Å². The second-order valence-corrected chi connectivity index (χ2v) is 3.89. The van der Waals surface area contributed by atoms with Crippen molar-refractivity contribution in [2.24, 2.45) is 0 Å². The molecule has 0 fully saturated rings. The molecule has 0 aliphatic carbocycles. The topological polar surface area (TPSA) is 0 Å². The van der Waals surface area contributed by atoms with Gasteiger partial charge in [-0.1, -0.05) is 42.5 Å². The summed E-state index contributed by atoms with van der Waals surface area (Å²) in [6.45, 7) is 10.2. The van der Waals surface area contributed by atoms with Gasteiger partial charge in [0.25, 0.3) is 0 Å². The van der Waals surface area contributed by atoms with Crippen molar-refractivity contribution in [3.05, 3.63) is 48.1 Å². The smallest absolute Gasteiger partial charge is 0.0245 e. The van der Waals surface area contributed by atoms with Crippen LogP contribution in [0.2, 0.25) is 0 Å². The highest BCUT2D eigenvalue weighted by Crippen LogP contribution is 2.12. The van der Waals surface area contributed by atoms with Crippen LogP contribution in [0.15, 0.2) is 48.1 Å². The Morgan fingerprint density at radius 3 is 2.13 bits per heavy atom. The third-order valence-corrected chi connectivity index (χ3v) is 2.37. The maximum absolute atomic E-state index is 3.83. The lowest BCUT2D eigenvalue weighted by Gasteiger charge is -2.01. The van der Waals surface area contributed by atoms with Crippen LogP contribution in [-0.2, 0) is 0 Å². The van der Waals surface area contributed by atoms with Crippen LogP contribution < -0.4 is 0 Å². The average molecular weight is 204 g/mol. The highest BCUT2D eigenvalue weighted by molar-refractivity contribution is 5.21. The van der Waals surface area contributed by atoms with Gasteiger partial charge in [0.1, 0.15) is 0 Å². The van der Waals surface area contributed by atoms with Crippen molar-refractivity contribution in [1.82, 2.24) is 0 Å². The van der Waals surface area contributed by atoms with Crippen molar-refractivity contribution >= 4 is 0 Å². The van der Waals surface area contributed by atoms with Gasteiger partial charge in [-0.15, -0.1) is 0 Å². The maximum Gasteiger partial charge on any atom is -0.0245 e. The van der Waals surface area contributed by atoms with Crippen molar-refractivity contribution in [3.63, 3.8) is 0 Å². The van der Waals surface area contributed by atoms with Crippen LogP contribution in [0.4, 0.5) is 0 Å². The van der Waals surface area contributed by atoms with Gasteiger partial charge in [0, 0.05) is 0 Å². The molecule has 0 aromatic heterocycles. The number of allylic oxidation sites excluding steroid dienone is 7. The normalized spacial score (nSPS) is 11.1. The van der Waals surface area contributed by atoms with Gasteiger partial charge in [0.15, 0.2) is 0 Å². The van der Waals surface area contributed by atoms with E-state index in [-0.39, 0.29) is 0 Å². The molecule has 0 heteroatoms. The third-order valence-electron chi connectivity index (χ3n) is 2.37. The molecule has 15 heavy (non-hydrogen) atoms. The van der Waals surface area contributed by atoms with Crippen molar-refractivity contribution < 1.29 is 0 Å². The van der Waals surface area contributed by atoms with E-state index < -0.39 is 0 Å². The fourth-order valence-corrected chi connectivity index (χ4v) is 1.39. The summed E-state index contributed by atoms with van der Waals surface area (Å²) < 4.78 is 0. The fraction of sp³-hybridized carbons (Fsp3) is 0.467. The minimum atomic E-state index is 1.12. The van der Waals surface area contributed by atoms with E-state index in [0.717, 1.165) is 25.7 Å². The summed E-state index contributed by atoms with van der Waals surface area (Å²) >= 11 is 0. The largest absolute Gasteiger partial charge is 0.0988 e. The maximum atomic E-state index is 3.83. The van der Waals surface area contributed by atoms with Gasteiger partial charge in [-0.3, -0.25) is 0 Å². The number of hydrogen-bond donors (Lipinski definition) is 0. The molecule has 0 heterocycles. The van der Waals surface area contributed by atoms with E-state index in [0.29, 0.717) is 0 Å². The zero-order valence-electron chi connectivity index (χ0n) is 10.4. The third kappa shape index (κ3) is 7.99. The van der Waals surface area contributed by atoms with Gasteiger partial charge in [-0.05, 0) is 52.0 Å². The zero-order chi connectivity index (χ0) is 11.5. The molecule has 0 rings (SSSR count). The van der Waals surface area contributed by atoms with E-state index in [1.54, 1.807) is 0 Å². The summed E-state index contributed by atoms with van der Waals surface area (Å²) in [6.07, 6.45) is 15.4. The van der Waals surface area contributed by atoms with E-state index in [4.69, 9.17) is 0 Å². The molecule has 0 nitrogen and oxygen atoms in total. The van der Waals surface area contributed by atoms with Crippen molar-refractivity contribution in [1.29, 1.82) is 0 Å². The SMILES string of the molecule is C=CC(CCC=CCCC=CC)=C(C)C. The van der Waals surface area contributed by atoms with Crippen molar-refractivity contribution in [3.8, 4) is 0 Å². The predicted octanol–water partition coefficient (Wildman–Crippen LogP) is 5.20. The molecule has 0 unspecified atom stereocenters. The Morgan fingerprint density at radius 1 is 1.00 bits per heavy atom. The van der Waals surface area contributed by atoms with E-state index in [2.05, 4.69) is 51.7 Å². The molecule has 0 saturated heterocycles. The molecule has 84 valence electrons. The lowest BCUT2D eigenvalue weighted by atomic mass is 10.1. The molecule has 0 spiro atoms. The molecule has 0 aliphatic heterocycles. The van der Waals surface area contributed by atoms with Crippen molar-refractivity contribution in [2.45, 2.75) is 46.5 Å². The minimum Gasteiger partial charge on any atom is -0.0988 e. The zero-order valence-corrected chi connectivity index (χ0v) is 10.4.